The molecule has 1 aliphatic rings. The van der Waals surface area contributed by atoms with Crippen LogP contribution in [0.15, 0.2) is 53.9 Å². The molecule has 2 N–H and O–H groups in total. The number of thiazole rings is 1. The third-order valence-corrected chi connectivity index (χ3v) is 5.79. The Bertz CT molecular complexity index is 1060. The topological polar surface area (TPSA) is 85.5 Å². The number of carbonyl (C=O) groups is 2. The number of rotatable bonds is 5. The third kappa shape index (κ3) is 4.14. The minimum absolute atomic E-state index is 0.238. The highest BCUT2D eigenvalue weighted by Gasteiger charge is 2.33. The van der Waals surface area contributed by atoms with Crippen molar-refractivity contribution < 1.29 is 14.3 Å². The minimum atomic E-state index is -0.667. The molecule has 0 saturated carbocycles. The molecule has 1 unspecified atom stereocenters. The van der Waals surface area contributed by atoms with Crippen molar-refractivity contribution in [2.24, 2.45) is 5.73 Å². The monoisotopic (exact) mass is 407 g/mol. The SMILES string of the molecule is Cc1nc(COc2cccc(C(=O)N3Cc4ccccc4CC3C(N)=O)c2)cs1. The van der Waals surface area contributed by atoms with Gasteiger partial charge in [-0.1, -0.05) is 30.3 Å². The summed E-state index contributed by atoms with van der Waals surface area (Å²) in [6.45, 7) is 2.63. The molecule has 0 aliphatic carbocycles. The average Bonchev–Trinajstić information content (AvgIpc) is 3.16. The number of fused-ring (bicyclic) bond motifs is 1. The van der Waals surface area contributed by atoms with Crippen molar-refractivity contribution in [1.82, 2.24) is 9.88 Å². The molecular formula is C22H21N3O3S. The fraction of sp³-hybridized carbons (Fsp3) is 0.227. The first kappa shape index (κ1) is 19.1. The Morgan fingerprint density at radius 1 is 1.21 bits per heavy atom. The standard InChI is InChI=1S/C22H21N3O3S/c1-14-24-18(13-29-14)12-28-19-8-4-7-16(9-19)22(27)25-11-17-6-3-2-5-15(17)10-20(25)21(23)26/h2-9,13,20H,10-12H2,1H3,(H2,23,26). The Morgan fingerprint density at radius 3 is 2.72 bits per heavy atom. The van der Waals surface area contributed by atoms with E-state index < -0.39 is 11.9 Å². The Labute approximate surface area is 172 Å². The maximum Gasteiger partial charge on any atom is 0.254 e. The molecule has 1 aliphatic heterocycles. The number of nitrogens with two attached hydrogens (primary N) is 1. The lowest BCUT2D eigenvalue weighted by Gasteiger charge is -2.35. The van der Waals surface area contributed by atoms with E-state index in [1.165, 1.54) is 0 Å². The predicted octanol–water partition coefficient (Wildman–Crippen LogP) is 3.08. The van der Waals surface area contributed by atoms with Crippen LogP contribution in [0.25, 0.3) is 0 Å². The van der Waals surface area contributed by atoms with E-state index in [9.17, 15) is 9.59 Å². The van der Waals surface area contributed by atoms with Gasteiger partial charge in [-0.15, -0.1) is 11.3 Å². The quantitative estimate of drug-likeness (QED) is 0.704. The van der Waals surface area contributed by atoms with Gasteiger partial charge < -0.3 is 15.4 Å². The lowest BCUT2D eigenvalue weighted by atomic mass is 9.93. The normalized spacial score (nSPS) is 15.6. The van der Waals surface area contributed by atoms with E-state index in [0.29, 0.717) is 30.9 Å². The second-order valence-electron chi connectivity index (χ2n) is 7.00. The molecule has 2 aromatic carbocycles. The summed E-state index contributed by atoms with van der Waals surface area (Å²) in [5.74, 6) is -0.160. The van der Waals surface area contributed by atoms with E-state index in [0.717, 1.165) is 21.8 Å². The lowest BCUT2D eigenvalue weighted by Crippen LogP contribution is -2.51. The number of carbonyl (C=O) groups excluding carboxylic acids is 2. The van der Waals surface area contributed by atoms with Crippen molar-refractivity contribution in [3.63, 3.8) is 0 Å². The summed E-state index contributed by atoms with van der Waals surface area (Å²) in [7, 11) is 0. The average molecular weight is 407 g/mol. The number of benzene rings is 2. The molecule has 6 nitrogen and oxygen atoms in total. The Kier molecular flexibility index (Phi) is 5.31. The third-order valence-electron chi connectivity index (χ3n) is 4.97. The summed E-state index contributed by atoms with van der Waals surface area (Å²) in [4.78, 5) is 31.2. The zero-order valence-corrected chi connectivity index (χ0v) is 16.8. The molecule has 0 bridgehead atoms. The van der Waals surface area contributed by atoms with Crippen LogP contribution in [-0.2, 0) is 24.4 Å². The molecule has 1 aromatic heterocycles. The summed E-state index contributed by atoms with van der Waals surface area (Å²) < 4.78 is 5.80. The minimum Gasteiger partial charge on any atom is -0.487 e. The van der Waals surface area contributed by atoms with Gasteiger partial charge in [0.25, 0.3) is 5.91 Å². The molecule has 0 spiro atoms. The van der Waals surface area contributed by atoms with E-state index in [1.807, 2.05) is 36.6 Å². The number of ether oxygens (including phenoxy) is 1. The highest BCUT2D eigenvalue weighted by Crippen LogP contribution is 2.26. The number of aromatic nitrogens is 1. The van der Waals surface area contributed by atoms with Crippen molar-refractivity contribution in [3.8, 4) is 5.75 Å². The fourth-order valence-electron chi connectivity index (χ4n) is 3.51. The van der Waals surface area contributed by atoms with Gasteiger partial charge in [-0.25, -0.2) is 4.98 Å². The van der Waals surface area contributed by atoms with Crippen molar-refractivity contribution in [2.45, 2.75) is 32.5 Å². The molecule has 148 valence electrons. The molecule has 1 atom stereocenters. The van der Waals surface area contributed by atoms with Gasteiger partial charge in [0.15, 0.2) is 0 Å². The molecule has 3 aromatic rings. The van der Waals surface area contributed by atoms with Crippen LogP contribution in [0, 0.1) is 6.92 Å². The highest BCUT2D eigenvalue weighted by molar-refractivity contribution is 7.09. The van der Waals surface area contributed by atoms with Gasteiger partial charge >= 0.3 is 0 Å². The van der Waals surface area contributed by atoms with Crippen molar-refractivity contribution in [1.29, 1.82) is 0 Å². The smallest absolute Gasteiger partial charge is 0.254 e. The molecule has 4 rings (SSSR count). The van der Waals surface area contributed by atoms with Crippen molar-refractivity contribution in [3.05, 3.63) is 81.3 Å². The van der Waals surface area contributed by atoms with Crippen LogP contribution in [0.3, 0.4) is 0 Å². The predicted molar refractivity (Wildman–Crippen MR) is 111 cm³/mol. The number of hydrogen-bond donors (Lipinski definition) is 1. The van der Waals surface area contributed by atoms with Crippen molar-refractivity contribution in [2.75, 3.05) is 0 Å². The van der Waals surface area contributed by atoms with Gasteiger partial charge in [-0.2, -0.15) is 0 Å². The van der Waals surface area contributed by atoms with E-state index in [-0.39, 0.29) is 5.91 Å². The fourth-order valence-corrected chi connectivity index (χ4v) is 4.10. The number of nitrogens with zero attached hydrogens (tertiary/aromatic N) is 2. The Hall–Kier alpha value is -3.19. The van der Waals surface area contributed by atoms with Gasteiger partial charge in [0.2, 0.25) is 5.91 Å². The maximum atomic E-state index is 13.2. The van der Waals surface area contributed by atoms with Crippen molar-refractivity contribution >= 4 is 23.2 Å². The summed E-state index contributed by atoms with van der Waals surface area (Å²) >= 11 is 1.57. The van der Waals surface area contributed by atoms with Crippen LogP contribution in [0.2, 0.25) is 0 Å². The highest BCUT2D eigenvalue weighted by atomic mass is 32.1. The lowest BCUT2D eigenvalue weighted by molar-refractivity contribution is -0.122. The van der Waals surface area contributed by atoms with Gasteiger partial charge in [-0.05, 0) is 36.2 Å². The van der Waals surface area contributed by atoms with Crippen LogP contribution in [0.4, 0.5) is 0 Å². The van der Waals surface area contributed by atoms with Crippen LogP contribution in [0.1, 0.15) is 32.2 Å². The second kappa shape index (κ2) is 8.05. The number of hydrogen-bond acceptors (Lipinski definition) is 5. The summed E-state index contributed by atoms with van der Waals surface area (Å²) in [5.41, 5.74) is 9.01. The molecule has 29 heavy (non-hydrogen) atoms. The first-order chi connectivity index (χ1) is 14.0. The number of aryl methyl sites for hydroxylation is 1. The second-order valence-corrected chi connectivity index (χ2v) is 8.06. The summed E-state index contributed by atoms with van der Waals surface area (Å²) in [6, 6.07) is 14.1. The molecule has 2 heterocycles. The summed E-state index contributed by atoms with van der Waals surface area (Å²) in [6.07, 6.45) is 0.427. The van der Waals surface area contributed by atoms with Crippen LogP contribution in [0.5, 0.6) is 5.75 Å². The number of amides is 2. The van der Waals surface area contributed by atoms with Gasteiger partial charge in [0, 0.05) is 23.9 Å². The largest absolute Gasteiger partial charge is 0.487 e. The van der Waals surface area contributed by atoms with Gasteiger partial charge in [0.05, 0.1) is 10.7 Å². The van der Waals surface area contributed by atoms with Crippen LogP contribution >= 0.6 is 11.3 Å². The Morgan fingerprint density at radius 2 is 2.00 bits per heavy atom. The van der Waals surface area contributed by atoms with E-state index in [4.69, 9.17) is 10.5 Å². The van der Waals surface area contributed by atoms with Gasteiger partial charge in [0.1, 0.15) is 18.4 Å². The first-order valence-electron chi connectivity index (χ1n) is 9.32. The molecule has 0 fully saturated rings. The summed E-state index contributed by atoms with van der Waals surface area (Å²) in [5, 5.41) is 2.93. The molecular weight excluding hydrogens is 386 g/mol. The van der Waals surface area contributed by atoms with Crippen LogP contribution in [-0.4, -0.2) is 27.7 Å². The number of primary amides is 1. The van der Waals surface area contributed by atoms with E-state index in [1.54, 1.807) is 40.5 Å². The molecule has 7 heteroatoms. The van der Waals surface area contributed by atoms with E-state index >= 15 is 0 Å². The van der Waals surface area contributed by atoms with E-state index in [2.05, 4.69) is 4.98 Å². The molecule has 0 radical (unpaired) electrons. The molecule has 0 saturated heterocycles. The van der Waals surface area contributed by atoms with Crippen LogP contribution < -0.4 is 10.5 Å². The maximum absolute atomic E-state index is 13.2. The zero-order chi connectivity index (χ0) is 20.4. The zero-order valence-electron chi connectivity index (χ0n) is 16.0. The molecule has 2 amide bonds. The van der Waals surface area contributed by atoms with Gasteiger partial charge in [-0.3, -0.25) is 9.59 Å². The first-order valence-corrected chi connectivity index (χ1v) is 10.2. The Balaban J connectivity index is 1.54.